The molecule has 0 fully saturated rings. The highest BCUT2D eigenvalue weighted by Crippen LogP contribution is 2.17. The summed E-state index contributed by atoms with van der Waals surface area (Å²) in [6.07, 6.45) is 1.35. The van der Waals surface area contributed by atoms with E-state index in [0.29, 0.717) is 11.3 Å². The van der Waals surface area contributed by atoms with Gasteiger partial charge in [-0.15, -0.1) is 0 Å². The van der Waals surface area contributed by atoms with Gasteiger partial charge in [0.2, 0.25) is 0 Å². The minimum atomic E-state index is -0.354. The maximum absolute atomic E-state index is 12.0. The van der Waals surface area contributed by atoms with Crippen LogP contribution in [0.3, 0.4) is 0 Å². The number of benzene rings is 1. The Morgan fingerprint density at radius 2 is 2.20 bits per heavy atom. The van der Waals surface area contributed by atoms with Gasteiger partial charge in [0.05, 0.1) is 12.2 Å². The molecule has 0 unspecified atom stereocenters. The van der Waals surface area contributed by atoms with Crippen LogP contribution in [0.4, 0.5) is 5.69 Å². The highest BCUT2D eigenvalue weighted by Gasteiger charge is 2.09. The average Bonchev–Trinajstić information content (AvgIpc) is 2.49. The van der Waals surface area contributed by atoms with Gasteiger partial charge in [0.1, 0.15) is 11.8 Å². The second kappa shape index (κ2) is 5.95. The summed E-state index contributed by atoms with van der Waals surface area (Å²) in [6.45, 7) is 1.78. The third-order valence-electron chi connectivity index (χ3n) is 2.86. The number of carbonyl (C=O) groups is 1. The Morgan fingerprint density at radius 1 is 1.40 bits per heavy atom. The van der Waals surface area contributed by atoms with Gasteiger partial charge in [-0.1, -0.05) is 12.1 Å². The predicted molar refractivity (Wildman–Crippen MR) is 74.0 cm³/mol. The van der Waals surface area contributed by atoms with Crippen LogP contribution in [0.15, 0.2) is 36.5 Å². The normalized spacial score (nSPS) is 9.85. The van der Waals surface area contributed by atoms with E-state index in [1.807, 2.05) is 19.1 Å². The number of anilines is 1. The molecule has 0 aliphatic heterocycles. The Bertz CT molecular complexity index is 673. The Labute approximate surface area is 116 Å². The molecule has 1 amide bonds. The van der Waals surface area contributed by atoms with E-state index in [2.05, 4.69) is 10.3 Å². The third-order valence-corrected chi connectivity index (χ3v) is 2.86. The molecule has 0 aliphatic carbocycles. The number of hydrogen-bond donors (Lipinski definition) is 2. The van der Waals surface area contributed by atoms with Crippen LogP contribution in [0, 0.1) is 18.3 Å². The minimum absolute atomic E-state index is 0.0851. The number of aliphatic hydroxyl groups excluding tert-OH is 1. The molecule has 1 aromatic heterocycles. The number of amides is 1. The SMILES string of the molecule is Cc1ccc(CO)cc1NC(=O)c1ccc(C#N)cn1. The number of rotatable bonds is 3. The van der Waals surface area contributed by atoms with Crippen molar-refractivity contribution in [3.63, 3.8) is 0 Å². The Balaban J connectivity index is 2.20. The van der Waals surface area contributed by atoms with Crippen LogP contribution in [0.5, 0.6) is 0 Å². The number of carbonyl (C=O) groups excluding carboxylic acids is 1. The van der Waals surface area contributed by atoms with Crippen LogP contribution in [0.1, 0.15) is 27.2 Å². The van der Waals surface area contributed by atoms with Crippen LogP contribution in [-0.4, -0.2) is 16.0 Å². The van der Waals surface area contributed by atoms with E-state index >= 15 is 0 Å². The summed E-state index contributed by atoms with van der Waals surface area (Å²) in [7, 11) is 0. The first-order chi connectivity index (χ1) is 9.63. The second-order valence-electron chi connectivity index (χ2n) is 4.31. The van der Waals surface area contributed by atoms with Gasteiger partial charge in [-0.2, -0.15) is 5.26 Å². The third kappa shape index (κ3) is 2.99. The Kier molecular flexibility index (Phi) is 4.08. The summed E-state index contributed by atoms with van der Waals surface area (Å²) in [6, 6.07) is 10.3. The molecular formula is C15H13N3O2. The van der Waals surface area contributed by atoms with Crippen LogP contribution in [-0.2, 0) is 6.61 Å². The molecule has 20 heavy (non-hydrogen) atoms. The molecule has 100 valence electrons. The fraction of sp³-hybridized carbons (Fsp3) is 0.133. The topological polar surface area (TPSA) is 86.0 Å². The van der Waals surface area contributed by atoms with Gasteiger partial charge in [-0.05, 0) is 36.2 Å². The zero-order valence-corrected chi connectivity index (χ0v) is 10.9. The number of aliphatic hydroxyl groups is 1. The summed E-state index contributed by atoms with van der Waals surface area (Å²) in [5.74, 6) is -0.354. The zero-order chi connectivity index (χ0) is 14.5. The van der Waals surface area contributed by atoms with Crippen molar-refractivity contribution < 1.29 is 9.90 Å². The van der Waals surface area contributed by atoms with E-state index in [4.69, 9.17) is 10.4 Å². The first-order valence-electron chi connectivity index (χ1n) is 6.02. The van der Waals surface area contributed by atoms with Crippen molar-refractivity contribution in [1.29, 1.82) is 5.26 Å². The van der Waals surface area contributed by atoms with E-state index in [-0.39, 0.29) is 18.2 Å². The molecule has 0 spiro atoms. The molecule has 2 N–H and O–H groups in total. The maximum atomic E-state index is 12.0. The molecule has 0 aliphatic rings. The number of pyridine rings is 1. The van der Waals surface area contributed by atoms with Gasteiger partial charge in [0.15, 0.2) is 0 Å². The van der Waals surface area contributed by atoms with Crippen molar-refractivity contribution in [2.75, 3.05) is 5.32 Å². The fourth-order valence-corrected chi connectivity index (χ4v) is 1.68. The van der Waals surface area contributed by atoms with Gasteiger partial charge in [0.25, 0.3) is 5.91 Å². The largest absolute Gasteiger partial charge is 0.392 e. The van der Waals surface area contributed by atoms with Crippen molar-refractivity contribution in [2.45, 2.75) is 13.5 Å². The summed E-state index contributed by atoms with van der Waals surface area (Å²) in [4.78, 5) is 16.0. The summed E-state index contributed by atoms with van der Waals surface area (Å²) in [5.41, 5.74) is 2.88. The van der Waals surface area contributed by atoms with Gasteiger partial charge >= 0.3 is 0 Å². The number of nitrogens with zero attached hydrogens (tertiary/aromatic N) is 2. The van der Waals surface area contributed by atoms with Gasteiger partial charge in [-0.25, -0.2) is 4.98 Å². The zero-order valence-electron chi connectivity index (χ0n) is 10.9. The number of hydrogen-bond acceptors (Lipinski definition) is 4. The van der Waals surface area contributed by atoms with Crippen LogP contribution < -0.4 is 5.32 Å². The van der Waals surface area contributed by atoms with E-state index in [0.717, 1.165) is 11.1 Å². The van der Waals surface area contributed by atoms with E-state index in [1.54, 1.807) is 18.2 Å². The Morgan fingerprint density at radius 3 is 2.80 bits per heavy atom. The average molecular weight is 267 g/mol. The quantitative estimate of drug-likeness (QED) is 0.890. The maximum Gasteiger partial charge on any atom is 0.274 e. The minimum Gasteiger partial charge on any atom is -0.392 e. The van der Waals surface area contributed by atoms with Gasteiger partial charge < -0.3 is 10.4 Å². The van der Waals surface area contributed by atoms with Crippen molar-refractivity contribution in [1.82, 2.24) is 4.98 Å². The number of nitriles is 1. The molecule has 2 aromatic rings. The number of aryl methyl sites for hydroxylation is 1. The highest BCUT2D eigenvalue weighted by atomic mass is 16.3. The number of nitrogens with one attached hydrogen (secondary N) is 1. The van der Waals surface area contributed by atoms with Crippen molar-refractivity contribution in [3.8, 4) is 6.07 Å². The molecule has 0 atom stereocenters. The van der Waals surface area contributed by atoms with E-state index < -0.39 is 0 Å². The molecule has 0 saturated carbocycles. The van der Waals surface area contributed by atoms with Crippen LogP contribution >= 0.6 is 0 Å². The predicted octanol–water partition coefficient (Wildman–Crippen LogP) is 2.01. The lowest BCUT2D eigenvalue weighted by Crippen LogP contribution is -2.14. The lowest BCUT2D eigenvalue weighted by Gasteiger charge is -2.09. The van der Waals surface area contributed by atoms with Crippen molar-refractivity contribution in [3.05, 3.63) is 58.9 Å². The molecule has 0 bridgehead atoms. The Hall–Kier alpha value is -2.71. The molecule has 5 heteroatoms. The van der Waals surface area contributed by atoms with E-state index in [1.165, 1.54) is 12.3 Å². The van der Waals surface area contributed by atoms with Crippen molar-refractivity contribution in [2.24, 2.45) is 0 Å². The molecule has 1 aromatic carbocycles. The first kappa shape index (κ1) is 13.7. The smallest absolute Gasteiger partial charge is 0.274 e. The number of aromatic nitrogens is 1. The van der Waals surface area contributed by atoms with Crippen LogP contribution in [0.2, 0.25) is 0 Å². The second-order valence-corrected chi connectivity index (χ2v) is 4.31. The molecule has 0 saturated heterocycles. The molecule has 1 heterocycles. The van der Waals surface area contributed by atoms with Crippen molar-refractivity contribution >= 4 is 11.6 Å². The molecular weight excluding hydrogens is 254 g/mol. The highest BCUT2D eigenvalue weighted by molar-refractivity contribution is 6.03. The van der Waals surface area contributed by atoms with Crippen LogP contribution in [0.25, 0.3) is 0 Å². The van der Waals surface area contributed by atoms with E-state index in [9.17, 15) is 4.79 Å². The first-order valence-corrected chi connectivity index (χ1v) is 6.02. The lowest BCUT2D eigenvalue weighted by molar-refractivity contribution is 0.102. The summed E-state index contributed by atoms with van der Waals surface area (Å²) >= 11 is 0. The summed E-state index contributed by atoms with van der Waals surface area (Å²) in [5, 5.41) is 20.5. The summed E-state index contributed by atoms with van der Waals surface area (Å²) < 4.78 is 0. The molecule has 2 rings (SSSR count). The fourth-order valence-electron chi connectivity index (χ4n) is 1.68. The lowest BCUT2D eigenvalue weighted by atomic mass is 10.1. The van der Waals surface area contributed by atoms with Gasteiger partial charge in [-0.3, -0.25) is 4.79 Å². The molecule has 0 radical (unpaired) electrons. The monoisotopic (exact) mass is 267 g/mol. The standard InChI is InChI=1S/C15H13N3O2/c1-10-2-3-11(9-19)6-14(10)18-15(20)13-5-4-12(7-16)8-17-13/h2-6,8,19H,9H2,1H3,(H,18,20). The molecule has 5 nitrogen and oxygen atoms in total. The van der Waals surface area contributed by atoms with Gasteiger partial charge in [0, 0.05) is 11.9 Å².